The summed E-state index contributed by atoms with van der Waals surface area (Å²) in [6, 6.07) is 16.0. The van der Waals surface area contributed by atoms with Gasteiger partial charge >= 0.3 is 0 Å². The van der Waals surface area contributed by atoms with Crippen LogP contribution in [0.1, 0.15) is 18.2 Å². The average molecular weight is 406 g/mol. The SMILES string of the molecule is COc1cccc(-c2nc(CC(=O)NC(C)Cc3c[nH]c4ccccc34)cs2)c1. The molecule has 0 saturated heterocycles. The van der Waals surface area contributed by atoms with Crippen molar-refractivity contribution in [2.75, 3.05) is 7.11 Å². The predicted molar refractivity (Wildman–Crippen MR) is 117 cm³/mol. The summed E-state index contributed by atoms with van der Waals surface area (Å²) < 4.78 is 5.27. The molecule has 2 N–H and O–H groups in total. The molecule has 0 fully saturated rings. The molecular weight excluding hydrogens is 382 g/mol. The minimum atomic E-state index is -0.0140. The highest BCUT2D eigenvalue weighted by Gasteiger charge is 2.14. The summed E-state index contributed by atoms with van der Waals surface area (Å²) in [5.74, 6) is 0.780. The van der Waals surface area contributed by atoms with Gasteiger partial charge in [0.2, 0.25) is 5.91 Å². The molecule has 1 unspecified atom stereocenters. The van der Waals surface area contributed by atoms with Crippen LogP contribution >= 0.6 is 11.3 Å². The van der Waals surface area contributed by atoms with Gasteiger partial charge in [0, 0.05) is 34.1 Å². The van der Waals surface area contributed by atoms with Crippen LogP contribution in [-0.2, 0) is 17.6 Å². The van der Waals surface area contributed by atoms with E-state index < -0.39 is 0 Å². The van der Waals surface area contributed by atoms with Gasteiger partial charge in [-0.3, -0.25) is 4.79 Å². The number of amides is 1. The van der Waals surface area contributed by atoms with E-state index in [9.17, 15) is 4.79 Å². The molecule has 0 aliphatic carbocycles. The molecule has 148 valence electrons. The molecule has 2 aromatic heterocycles. The fraction of sp³-hybridized carbons (Fsp3) is 0.217. The highest BCUT2D eigenvalue weighted by Crippen LogP contribution is 2.27. The van der Waals surface area contributed by atoms with Crippen molar-refractivity contribution >= 4 is 28.1 Å². The van der Waals surface area contributed by atoms with E-state index in [1.54, 1.807) is 7.11 Å². The molecule has 0 bridgehead atoms. The molecule has 5 nitrogen and oxygen atoms in total. The fourth-order valence-corrected chi connectivity index (χ4v) is 4.27. The number of thiazole rings is 1. The number of benzene rings is 2. The lowest BCUT2D eigenvalue weighted by molar-refractivity contribution is -0.121. The van der Waals surface area contributed by atoms with E-state index >= 15 is 0 Å². The molecule has 0 saturated carbocycles. The molecule has 0 spiro atoms. The molecule has 0 radical (unpaired) electrons. The van der Waals surface area contributed by atoms with Gasteiger partial charge in [0.25, 0.3) is 0 Å². The zero-order valence-electron chi connectivity index (χ0n) is 16.4. The molecule has 2 heterocycles. The van der Waals surface area contributed by atoms with E-state index in [4.69, 9.17) is 4.74 Å². The maximum atomic E-state index is 12.5. The lowest BCUT2D eigenvalue weighted by Crippen LogP contribution is -2.35. The van der Waals surface area contributed by atoms with Crippen LogP contribution in [0, 0.1) is 0 Å². The molecule has 0 aliphatic rings. The minimum Gasteiger partial charge on any atom is -0.497 e. The zero-order valence-corrected chi connectivity index (χ0v) is 17.3. The first-order valence-corrected chi connectivity index (χ1v) is 10.4. The Labute approximate surface area is 173 Å². The number of nitrogens with one attached hydrogen (secondary N) is 2. The second-order valence-electron chi connectivity index (χ2n) is 7.08. The van der Waals surface area contributed by atoms with Crippen LogP contribution in [0.2, 0.25) is 0 Å². The number of aromatic amines is 1. The summed E-state index contributed by atoms with van der Waals surface area (Å²) in [7, 11) is 1.65. The van der Waals surface area contributed by atoms with E-state index in [1.165, 1.54) is 22.3 Å². The van der Waals surface area contributed by atoms with E-state index in [-0.39, 0.29) is 18.4 Å². The Bertz CT molecular complexity index is 1130. The first kappa shape index (κ1) is 19.2. The average Bonchev–Trinajstić information content (AvgIpc) is 3.35. The summed E-state index contributed by atoms with van der Waals surface area (Å²) in [4.78, 5) is 20.4. The number of nitrogens with zero attached hydrogens (tertiary/aromatic N) is 1. The lowest BCUT2D eigenvalue weighted by atomic mass is 10.1. The largest absolute Gasteiger partial charge is 0.497 e. The number of methoxy groups -OCH3 is 1. The van der Waals surface area contributed by atoms with Gasteiger partial charge in [-0.05, 0) is 37.1 Å². The van der Waals surface area contributed by atoms with Crippen molar-refractivity contribution in [3.8, 4) is 16.3 Å². The third-order valence-corrected chi connectivity index (χ3v) is 5.76. The lowest BCUT2D eigenvalue weighted by Gasteiger charge is -2.13. The molecule has 2 aromatic carbocycles. The minimum absolute atomic E-state index is 0.0140. The van der Waals surface area contributed by atoms with Gasteiger partial charge in [0.1, 0.15) is 10.8 Å². The first-order chi connectivity index (χ1) is 14.1. The summed E-state index contributed by atoms with van der Waals surface area (Å²) in [5, 5.41) is 7.13. The van der Waals surface area contributed by atoms with Gasteiger partial charge in [-0.1, -0.05) is 30.3 Å². The number of carbonyl (C=O) groups is 1. The van der Waals surface area contributed by atoms with Gasteiger partial charge in [-0.25, -0.2) is 4.98 Å². The molecule has 1 amide bonds. The number of carbonyl (C=O) groups excluding carboxylic acids is 1. The zero-order chi connectivity index (χ0) is 20.2. The quantitative estimate of drug-likeness (QED) is 0.473. The highest BCUT2D eigenvalue weighted by atomic mass is 32.1. The summed E-state index contributed by atoms with van der Waals surface area (Å²) in [5.41, 5.74) is 4.11. The van der Waals surface area contributed by atoms with E-state index in [1.807, 2.05) is 54.9 Å². The van der Waals surface area contributed by atoms with Crippen molar-refractivity contribution in [3.05, 3.63) is 71.4 Å². The van der Waals surface area contributed by atoms with Crippen LogP contribution in [0.5, 0.6) is 5.75 Å². The van der Waals surface area contributed by atoms with Gasteiger partial charge in [-0.2, -0.15) is 0 Å². The normalized spacial score (nSPS) is 12.1. The maximum Gasteiger partial charge on any atom is 0.226 e. The number of para-hydroxylation sites is 1. The van der Waals surface area contributed by atoms with Gasteiger partial charge < -0.3 is 15.0 Å². The highest BCUT2D eigenvalue weighted by molar-refractivity contribution is 7.13. The van der Waals surface area contributed by atoms with Crippen molar-refractivity contribution in [2.24, 2.45) is 0 Å². The monoisotopic (exact) mass is 405 g/mol. The van der Waals surface area contributed by atoms with Gasteiger partial charge in [-0.15, -0.1) is 11.3 Å². The summed E-state index contributed by atoms with van der Waals surface area (Å²) >= 11 is 1.54. The summed E-state index contributed by atoms with van der Waals surface area (Å²) in [6.07, 6.45) is 3.08. The van der Waals surface area contributed by atoms with E-state index in [0.717, 1.165) is 34.0 Å². The Hall–Kier alpha value is -3.12. The number of rotatable bonds is 7. The maximum absolute atomic E-state index is 12.5. The van der Waals surface area contributed by atoms with Crippen LogP contribution in [0.25, 0.3) is 21.5 Å². The summed E-state index contributed by atoms with van der Waals surface area (Å²) in [6.45, 7) is 2.03. The number of ether oxygens (including phenoxy) is 1. The Kier molecular flexibility index (Phi) is 5.62. The van der Waals surface area contributed by atoms with Crippen LogP contribution in [0.3, 0.4) is 0 Å². The second kappa shape index (κ2) is 8.49. The van der Waals surface area contributed by atoms with E-state index in [0.29, 0.717) is 0 Å². The Morgan fingerprint density at radius 3 is 2.97 bits per heavy atom. The number of fused-ring (bicyclic) bond motifs is 1. The number of hydrogen-bond acceptors (Lipinski definition) is 4. The Balaban J connectivity index is 1.36. The molecular formula is C23H23N3O2S. The molecule has 6 heteroatoms. The molecule has 1 atom stereocenters. The second-order valence-corrected chi connectivity index (χ2v) is 7.94. The van der Waals surface area contributed by atoms with Crippen LogP contribution in [0.4, 0.5) is 0 Å². The third kappa shape index (κ3) is 4.49. The topological polar surface area (TPSA) is 67.0 Å². The van der Waals surface area contributed by atoms with Crippen LogP contribution in [-0.4, -0.2) is 29.0 Å². The molecule has 29 heavy (non-hydrogen) atoms. The number of H-pyrrole nitrogens is 1. The number of hydrogen-bond donors (Lipinski definition) is 2. The van der Waals surface area contributed by atoms with Crippen molar-refractivity contribution in [2.45, 2.75) is 25.8 Å². The Morgan fingerprint density at radius 2 is 2.10 bits per heavy atom. The van der Waals surface area contributed by atoms with Crippen molar-refractivity contribution < 1.29 is 9.53 Å². The number of aromatic nitrogens is 2. The van der Waals surface area contributed by atoms with Crippen LogP contribution in [0.15, 0.2) is 60.1 Å². The van der Waals surface area contributed by atoms with E-state index in [2.05, 4.69) is 27.4 Å². The third-order valence-electron chi connectivity index (χ3n) is 4.82. The van der Waals surface area contributed by atoms with Gasteiger partial charge in [0.15, 0.2) is 0 Å². The van der Waals surface area contributed by atoms with Crippen LogP contribution < -0.4 is 10.1 Å². The Morgan fingerprint density at radius 1 is 1.24 bits per heavy atom. The fourth-order valence-electron chi connectivity index (χ4n) is 3.45. The molecule has 4 aromatic rings. The smallest absolute Gasteiger partial charge is 0.226 e. The van der Waals surface area contributed by atoms with Gasteiger partial charge in [0.05, 0.1) is 19.2 Å². The van der Waals surface area contributed by atoms with Crippen molar-refractivity contribution in [1.29, 1.82) is 0 Å². The molecule has 0 aliphatic heterocycles. The predicted octanol–water partition coefficient (Wildman–Crippen LogP) is 4.59. The van der Waals surface area contributed by atoms with Crippen molar-refractivity contribution in [1.82, 2.24) is 15.3 Å². The van der Waals surface area contributed by atoms with Crippen molar-refractivity contribution in [3.63, 3.8) is 0 Å². The first-order valence-electron chi connectivity index (χ1n) is 9.55. The standard InChI is InChI=1S/C23H23N3O2S/c1-15(10-17-13-24-21-9-4-3-8-20(17)21)25-22(27)12-18-14-29-23(26-18)16-6-5-7-19(11-16)28-2/h3-9,11,13-15,24H,10,12H2,1-2H3,(H,25,27). The molecule has 4 rings (SSSR count).